The molecule has 1 aliphatic rings. The number of amides is 1. The summed E-state index contributed by atoms with van der Waals surface area (Å²) >= 11 is 3.22. The highest BCUT2D eigenvalue weighted by Gasteiger charge is 2.30. The first-order valence-electron chi connectivity index (χ1n) is 6.07. The first-order valence-corrected chi connectivity index (χ1v) is 8.18. The Kier molecular flexibility index (Phi) is 4.59. The zero-order valence-corrected chi connectivity index (χ0v) is 13.2. The van der Waals surface area contributed by atoms with Gasteiger partial charge in [-0.3, -0.25) is 9.00 Å². The van der Waals surface area contributed by atoms with Gasteiger partial charge in [-0.05, 0) is 31.0 Å². The molecule has 1 N–H and O–H groups in total. The minimum Gasteiger partial charge on any atom is -0.478 e. The summed E-state index contributed by atoms with van der Waals surface area (Å²) in [4.78, 5) is 24.8. The van der Waals surface area contributed by atoms with Crippen LogP contribution in [0.2, 0.25) is 0 Å². The molecule has 1 saturated carbocycles. The standard InChI is InChI=1S/C13H14BrNO4S/c1-15(9-3-4-9)12(16)7-20(19)11-6-8(14)2-5-10(11)13(17)18/h2,5-6,9H,3-4,7H2,1H3,(H,17,18). The maximum atomic E-state index is 12.3. The van der Waals surface area contributed by atoms with Gasteiger partial charge in [-0.2, -0.15) is 0 Å². The van der Waals surface area contributed by atoms with E-state index in [1.165, 1.54) is 12.1 Å². The number of carboxylic acids is 1. The number of rotatable bonds is 5. The fourth-order valence-electron chi connectivity index (χ4n) is 1.82. The number of hydrogen-bond donors (Lipinski definition) is 1. The van der Waals surface area contributed by atoms with Gasteiger partial charge in [0.05, 0.1) is 21.3 Å². The number of halogens is 1. The summed E-state index contributed by atoms with van der Waals surface area (Å²) in [6.07, 6.45) is 1.96. The number of aromatic carboxylic acids is 1. The van der Waals surface area contributed by atoms with Crippen molar-refractivity contribution in [2.24, 2.45) is 0 Å². The molecule has 5 nitrogen and oxygen atoms in total. The minimum atomic E-state index is -1.67. The summed E-state index contributed by atoms with van der Waals surface area (Å²) in [5, 5.41) is 9.10. The van der Waals surface area contributed by atoms with Crippen molar-refractivity contribution in [2.45, 2.75) is 23.8 Å². The van der Waals surface area contributed by atoms with Gasteiger partial charge in [0, 0.05) is 17.6 Å². The average molecular weight is 360 g/mol. The molecule has 20 heavy (non-hydrogen) atoms. The molecule has 1 aromatic carbocycles. The van der Waals surface area contributed by atoms with Crippen molar-refractivity contribution in [2.75, 3.05) is 12.8 Å². The normalized spacial score (nSPS) is 15.7. The van der Waals surface area contributed by atoms with Crippen LogP contribution in [0, 0.1) is 0 Å². The summed E-state index contributed by atoms with van der Waals surface area (Å²) < 4.78 is 12.9. The van der Waals surface area contributed by atoms with E-state index in [1.54, 1.807) is 18.0 Å². The highest BCUT2D eigenvalue weighted by molar-refractivity contribution is 9.10. The molecule has 1 atom stereocenters. The number of nitrogens with zero attached hydrogens (tertiary/aromatic N) is 1. The maximum Gasteiger partial charge on any atom is 0.336 e. The van der Waals surface area contributed by atoms with Crippen LogP contribution in [0.15, 0.2) is 27.6 Å². The quantitative estimate of drug-likeness (QED) is 0.870. The maximum absolute atomic E-state index is 12.3. The monoisotopic (exact) mass is 359 g/mol. The van der Waals surface area contributed by atoms with E-state index in [4.69, 9.17) is 5.11 Å². The van der Waals surface area contributed by atoms with Crippen molar-refractivity contribution in [3.05, 3.63) is 28.2 Å². The first kappa shape index (κ1) is 15.2. The third-order valence-electron chi connectivity index (χ3n) is 3.16. The Balaban J connectivity index is 2.17. The minimum absolute atomic E-state index is 0.0339. The molecule has 108 valence electrons. The van der Waals surface area contributed by atoms with E-state index < -0.39 is 16.8 Å². The highest BCUT2D eigenvalue weighted by Crippen LogP contribution is 2.26. The van der Waals surface area contributed by atoms with Crippen LogP contribution in [-0.2, 0) is 15.6 Å². The Hall–Kier alpha value is -1.21. The number of carboxylic acid groups (broad SMARTS) is 1. The Morgan fingerprint density at radius 1 is 1.45 bits per heavy atom. The first-order chi connectivity index (χ1) is 9.40. The Morgan fingerprint density at radius 2 is 2.10 bits per heavy atom. The molecular weight excluding hydrogens is 346 g/mol. The van der Waals surface area contributed by atoms with Gasteiger partial charge in [0.15, 0.2) is 0 Å². The lowest BCUT2D eigenvalue weighted by Gasteiger charge is -2.16. The molecule has 1 aromatic rings. The van der Waals surface area contributed by atoms with E-state index in [0.717, 1.165) is 12.8 Å². The van der Waals surface area contributed by atoms with Crippen LogP contribution in [-0.4, -0.2) is 44.9 Å². The SMILES string of the molecule is CN(C(=O)CS(=O)c1cc(Br)ccc1C(=O)O)C1CC1. The Bertz CT molecular complexity index is 586. The topological polar surface area (TPSA) is 74.7 Å². The average Bonchev–Trinajstić information content (AvgIpc) is 3.21. The number of hydrogen-bond acceptors (Lipinski definition) is 3. The van der Waals surface area contributed by atoms with Crippen molar-refractivity contribution in [3.8, 4) is 0 Å². The van der Waals surface area contributed by atoms with Gasteiger partial charge in [0.2, 0.25) is 5.91 Å². The van der Waals surface area contributed by atoms with E-state index >= 15 is 0 Å². The van der Waals surface area contributed by atoms with Crippen molar-refractivity contribution in [1.29, 1.82) is 0 Å². The van der Waals surface area contributed by atoms with E-state index in [2.05, 4.69) is 15.9 Å². The van der Waals surface area contributed by atoms with E-state index in [9.17, 15) is 13.8 Å². The van der Waals surface area contributed by atoms with Crippen LogP contribution < -0.4 is 0 Å². The predicted molar refractivity (Wildman–Crippen MR) is 78.2 cm³/mol. The number of benzene rings is 1. The zero-order valence-electron chi connectivity index (χ0n) is 10.8. The summed E-state index contributed by atoms with van der Waals surface area (Å²) in [5.41, 5.74) is -0.0339. The van der Waals surface area contributed by atoms with Crippen molar-refractivity contribution in [3.63, 3.8) is 0 Å². The van der Waals surface area contributed by atoms with Crippen LogP contribution >= 0.6 is 15.9 Å². The summed E-state index contributed by atoms with van der Waals surface area (Å²) in [5.74, 6) is -1.56. The van der Waals surface area contributed by atoms with Crippen molar-refractivity contribution in [1.82, 2.24) is 4.90 Å². The molecule has 0 aliphatic heterocycles. The van der Waals surface area contributed by atoms with Crippen LogP contribution in [0.4, 0.5) is 0 Å². The molecule has 0 bridgehead atoms. The molecule has 2 rings (SSSR count). The van der Waals surface area contributed by atoms with E-state index in [0.29, 0.717) is 4.47 Å². The second kappa shape index (κ2) is 6.05. The van der Waals surface area contributed by atoms with E-state index in [1.807, 2.05) is 0 Å². The van der Waals surface area contributed by atoms with Crippen molar-refractivity contribution >= 4 is 38.6 Å². The molecule has 1 fully saturated rings. The molecule has 1 aliphatic carbocycles. The number of carbonyl (C=O) groups is 2. The largest absolute Gasteiger partial charge is 0.478 e. The highest BCUT2D eigenvalue weighted by atomic mass is 79.9. The smallest absolute Gasteiger partial charge is 0.336 e. The molecule has 0 aromatic heterocycles. The lowest BCUT2D eigenvalue weighted by Crippen LogP contribution is -2.32. The molecule has 7 heteroatoms. The third-order valence-corrected chi connectivity index (χ3v) is 4.99. The summed E-state index contributed by atoms with van der Waals surface area (Å²) in [6.45, 7) is 0. The fourth-order valence-corrected chi connectivity index (χ4v) is 3.57. The van der Waals surface area contributed by atoms with Crippen LogP contribution in [0.5, 0.6) is 0 Å². The van der Waals surface area contributed by atoms with Crippen molar-refractivity contribution < 1.29 is 18.9 Å². The van der Waals surface area contributed by atoms with Gasteiger partial charge in [0.1, 0.15) is 5.75 Å². The molecule has 1 unspecified atom stereocenters. The lowest BCUT2D eigenvalue weighted by molar-refractivity contribution is -0.127. The van der Waals surface area contributed by atoms with Crippen LogP contribution in [0.25, 0.3) is 0 Å². The van der Waals surface area contributed by atoms with Gasteiger partial charge in [-0.1, -0.05) is 15.9 Å². The Morgan fingerprint density at radius 3 is 2.65 bits per heavy atom. The van der Waals surface area contributed by atoms with Gasteiger partial charge in [-0.15, -0.1) is 0 Å². The molecular formula is C13H14BrNO4S. The fraction of sp³-hybridized carbons (Fsp3) is 0.385. The third kappa shape index (κ3) is 3.46. The lowest BCUT2D eigenvalue weighted by atomic mass is 10.2. The van der Waals surface area contributed by atoms with Gasteiger partial charge >= 0.3 is 5.97 Å². The molecule has 0 saturated heterocycles. The van der Waals surface area contributed by atoms with Crippen LogP contribution in [0.1, 0.15) is 23.2 Å². The summed E-state index contributed by atoms with van der Waals surface area (Å²) in [6, 6.07) is 4.70. The zero-order chi connectivity index (χ0) is 14.9. The Labute approximate surface area is 127 Å². The predicted octanol–water partition coefficient (Wildman–Crippen LogP) is 1.88. The molecule has 0 heterocycles. The van der Waals surface area contributed by atoms with Crippen LogP contribution in [0.3, 0.4) is 0 Å². The number of carbonyl (C=O) groups excluding carboxylic acids is 1. The van der Waals surface area contributed by atoms with E-state index in [-0.39, 0.29) is 28.2 Å². The summed E-state index contributed by atoms with van der Waals surface area (Å²) in [7, 11) is 0.0234. The second-order valence-electron chi connectivity index (χ2n) is 4.67. The molecule has 0 radical (unpaired) electrons. The molecule has 0 spiro atoms. The van der Waals surface area contributed by atoms with Gasteiger partial charge in [-0.25, -0.2) is 4.79 Å². The van der Waals surface area contributed by atoms with Gasteiger partial charge < -0.3 is 10.0 Å². The van der Waals surface area contributed by atoms with Gasteiger partial charge in [0.25, 0.3) is 0 Å². The second-order valence-corrected chi connectivity index (χ2v) is 7.01. The molecule has 1 amide bonds.